The van der Waals surface area contributed by atoms with Gasteiger partial charge >= 0.3 is 0 Å². The lowest BCUT2D eigenvalue weighted by molar-refractivity contribution is 0.383. The van der Waals surface area contributed by atoms with Gasteiger partial charge in [-0.25, -0.2) is 0 Å². The lowest BCUT2D eigenvalue weighted by Gasteiger charge is -2.22. The van der Waals surface area contributed by atoms with Gasteiger partial charge in [0.05, 0.1) is 7.11 Å². The van der Waals surface area contributed by atoms with Gasteiger partial charge in [-0.3, -0.25) is 0 Å². The van der Waals surface area contributed by atoms with Crippen molar-refractivity contribution in [1.82, 2.24) is 15.5 Å². The summed E-state index contributed by atoms with van der Waals surface area (Å²) in [6.07, 6.45) is 2.16. The molecule has 0 bridgehead atoms. The van der Waals surface area contributed by atoms with Crippen molar-refractivity contribution in [2.75, 3.05) is 25.9 Å². The van der Waals surface area contributed by atoms with E-state index in [1.807, 2.05) is 0 Å². The number of piperidine rings is 1. The second kappa shape index (κ2) is 4.44. The van der Waals surface area contributed by atoms with Crippen LogP contribution in [0.3, 0.4) is 0 Å². The number of nitrogen functional groups attached to an aromatic ring is 1. The number of anilines is 1. The van der Waals surface area contributed by atoms with E-state index < -0.39 is 0 Å². The van der Waals surface area contributed by atoms with Crippen LogP contribution in [0.25, 0.3) is 0 Å². The highest BCUT2D eigenvalue weighted by Crippen LogP contribution is 2.30. The fraction of sp³-hybridized carbons (Fsp3) is 0.600. The van der Waals surface area contributed by atoms with Gasteiger partial charge in [0.15, 0.2) is 0 Å². The van der Waals surface area contributed by atoms with Crippen LogP contribution in [0.15, 0.2) is 6.07 Å². The Morgan fingerprint density at radius 3 is 2.80 bits per heavy atom. The lowest BCUT2D eigenvalue weighted by atomic mass is 9.94. The molecule has 2 heterocycles. The Balaban J connectivity index is 2.25. The van der Waals surface area contributed by atoms with E-state index in [0.717, 1.165) is 37.4 Å². The summed E-state index contributed by atoms with van der Waals surface area (Å²) in [5.41, 5.74) is 6.50. The topological polar surface area (TPSA) is 73.1 Å². The molecule has 2 rings (SSSR count). The summed E-state index contributed by atoms with van der Waals surface area (Å²) in [5, 5.41) is 11.4. The molecular weight excluding hydrogens is 192 g/mol. The number of aromatic nitrogens is 2. The number of methoxy groups -OCH3 is 1. The molecule has 15 heavy (non-hydrogen) atoms. The highest BCUT2D eigenvalue weighted by atomic mass is 16.5. The van der Waals surface area contributed by atoms with Gasteiger partial charge in [0.25, 0.3) is 0 Å². The van der Waals surface area contributed by atoms with Gasteiger partial charge in [-0.1, -0.05) is 0 Å². The molecule has 3 N–H and O–H groups in total. The number of ether oxygens (including phenoxy) is 1. The Morgan fingerprint density at radius 1 is 1.40 bits per heavy atom. The molecular formula is C10H16N4O. The second-order valence-electron chi connectivity index (χ2n) is 3.75. The molecule has 1 aliphatic heterocycles. The van der Waals surface area contributed by atoms with E-state index in [-0.39, 0.29) is 0 Å². The van der Waals surface area contributed by atoms with E-state index in [0.29, 0.717) is 11.7 Å². The summed E-state index contributed by atoms with van der Waals surface area (Å²) < 4.78 is 5.28. The van der Waals surface area contributed by atoms with E-state index in [4.69, 9.17) is 10.5 Å². The number of nitrogens with one attached hydrogen (secondary N) is 1. The zero-order chi connectivity index (χ0) is 10.7. The van der Waals surface area contributed by atoms with Gasteiger partial charge in [0.1, 0.15) is 17.3 Å². The average molecular weight is 208 g/mol. The van der Waals surface area contributed by atoms with E-state index in [1.54, 1.807) is 13.2 Å². The summed E-state index contributed by atoms with van der Waals surface area (Å²) in [6, 6.07) is 1.74. The monoisotopic (exact) mass is 208 g/mol. The second-order valence-corrected chi connectivity index (χ2v) is 3.75. The Labute approximate surface area is 89.0 Å². The Kier molecular flexibility index (Phi) is 3.01. The highest BCUT2D eigenvalue weighted by molar-refractivity contribution is 5.39. The molecule has 0 aromatic carbocycles. The molecule has 0 aliphatic carbocycles. The van der Waals surface area contributed by atoms with Crippen LogP contribution >= 0.6 is 0 Å². The number of hydrogen-bond donors (Lipinski definition) is 2. The van der Waals surface area contributed by atoms with Gasteiger partial charge in [-0.15, -0.1) is 10.2 Å². The van der Waals surface area contributed by atoms with Crippen molar-refractivity contribution in [3.63, 3.8) is 0 Å². The van der Waals surface area contributed by atoms with Crippen LogP contribution in [0.2, 0.25) is 0 Å². The minimum Gasteiger partial charge on any atom is -0.495 e. The first-order valence-electron chi connectivity index (χ1n) is 5.19. The van der Waals surface area contributed by atoms with Gasteiger partial charge in [0, 0.05) is 12.0 Å². The van der Waals surface area contributed by atoms with Crippen molar-refractivity contribution in [3.8, 4) is 5.75 Å². The normalized spacial score (nSPS) is 17.7. The maximum absolute atomic E-state index is 5.57. The molecule has 1 aromatic rings. The molecule has 1 aliphatic rings. The summed E-state index contributed by atoms with van der Waals surface area (Å²) >= 11 is 0. The average Bonchev–Trinajstić information content (AvgIpc) is 2.30. The first kappa shape index (κ1) is 10.2. The highest BCUT2D eigenvalue weighted by Gasteiger charge is 2.21. The van der Waals surface area contributed by atoms with Crippen LogP contribution in [0.5, 0.6) is 5.75 Å². The van der Waals surface area contributed by atoms with Gasteiger partial charge in [0.2, 0.25) is 0 Å². The quantitative estimate of drug-likeness (QED) is 0.742. The van der Waals surface area contributed by atoms with Crippen molar-refractivity contribution in [2.45, 2.75) is 18.8 Å². The third-order valence-electron chi connectivity index (χ3n) is 2.75. The Bertz CT molecular complexity index is 336. The molecule has 1 fully saturated rings. The number of hydrogen-bond acceptors (Lipinski definition) is 5. The third-order valence-corrected chi connectivity index (χ3v) is 2.75. The number of nitrogens with zero attached hydrogens (tertiary/aromatic N) is 2. The predicted octanol–water partition coefficient (Wildman–Crippen LogP) is 0.534. The summed E-state index contributed by atoms with van der Waals surface area (Å²) in [7, 11) is 1.64. The minimum absolute atomic E-state index is 0.407. The molecule has 0 radical (unpaired) electrons. The zero-order valence-electron chi connectivity index (χ0n) is 8.86. The minimum atomic E-state index is 0.407. The Hall–Kier alpha value is -1.36. The molecule has 1 saturated heterocycles. The van der Waals surface area contributed by atoms with E-state index >= 15 is 0 Å². The van der Waals surface area contributed by atoms with Gasteiger partial charge in [-0.05, 0) is 25.9 Å². The van der Waals surface area contributed by atoms with Crippen molar-refractivity contribution < 1.29 is 4.74 Å². The molecule has 0 saturated carbocycles. The molecule has 1 aromatic heterocycles. The van der Waals surface area contributed by atoms with Crippen LogP contribution in [0.4, 0.5) is 5.82 Å². The third kappa shape index (κ3) is 2.18. The molecule has 5 heteroatoms. The van der Waals surface area contributed by atoms with E-state index in [1.165, 1.54) is 0 Å². The van der Waals surface area contributed by atoms with Crippen LogP contribution in [-0.4, -0.2) is 30.4 Å². The van der Waals surface area contributed by atoms with Crippen molar-refractivity contribution in [3.05, 3.63) is 11.8 Å². The zero-order valence-corrected chi connectivity index (χ0v) is 8.86. The maximum atomic E-state index is 5.57. The smallest absolute Gasteiger partial charge is 0.149 e. The standard InChI is InChI=1S/C10H16N4O/c1-15-8-6-9(11)13-14-10(8)7-2-4-12-5-3-7/h6-7,12H,2-5H2,1H3,(H2,11,13). The number of rotatable bonds is 2. The number of nitrogens with two attached hydrogens (primary N) is 1. The fourth-order valence-electron chi connectivity index (χ4n) is 1.94. The van der Waals surface area contributed by atoms with Crippen LogP contribution < -0.4 is 15.8 Å². The van der Waals surface area contributed by atoms with Gasteiger partial charge in [-0.2, -0.15) is 0 Å². The van der Waals surface area contributed by atoms with Crippen molar-refractivity contribution >= 4 is 5.82 Å². The summed E-state index contributed by atoms with van der Waals surface area (Å²) in [5.74, 6) is 1.60. The fourth-order valence-corrected chi connectivity index (χ4v) is 1.94. The Morgan fingerprint density at radius 2 is 2.13 bits per heavy atom. The largest absolute Gasteiger partial charge is 0.495 e. The van der Waals surface area contributed by atoms with E-state index in [9.17, 15) is 0 Å². The molecule has 0 unspecified atom stereocenters. The van der Waals surface area contributed by atoms with E-state index in [2.05, 4.69) is 15.5 Å². The van der Waals surface area contributed by atoms with Crippen LogP contribution in [0.1, 0.15) is 24.5 Å². The van der Waals surface area contributed by atoms with Crippen LogP contribution in [0, 0.1) is 0 Å². The van der Waals surface area contributed by atoms with Crippen molar-refractivity contribution in [1.29, 1.82) is 0 Å². The summed E-state index contributed by atoms with van der Waals surface area (Å²) in [4.78, 5) is 0. The SMILES string of the molecule is COc1cc(N)nnc1C1CCNCC1. The first-order valence-corrected chi connectivity index (χ1v) is 5.19. The van der Waals surface area contributed by atoms with Gasteiger partial charge < -0.3 is 15.8 Å². The lowest BCUT2D eigenvalue weighted by Crippen LogP contribution is -2.27. The predicted molar refractivity (Wildman–Crippen MR) is 57.8 cm³/mol. The summed E-state index contributed by atoms with van der Waals surface area (Å²) in [6.45, 7) is 2.06. The molecule has 0 spiro atoms. The first-order chi connectivity index (χ1) is 7.31. The molecule has 0 amide bonds. The molecule has 0 atom stereocenters. The van der Waals surface area contributed by atoms with Crippen LogP contribution in [-0.2, 0) is 0 Å². The van der Waals surface area contributed by atoms with Crippen molar-refractivity contribution in [2.24, 2.45) is 0 Å². The molecule has 82 valence electrons. The maximum Gasteiger partial charge on any atom is 0.149 e. The molecule has 5 nitrogen and oxygen atoms in total.